The molecule has 0 amide bonds. The first kappa shape index (κ1) is 14.1. The Labute approximate surface area is 107 Å². The fourth-order valence-corrected chi connectivity index (χ4v) is 2.15. The van der Waals surface area contributed by atoms with Crippen molar-refractivity contribution < 1.29 is 0 Å². The van der Waals surface area contributed by atoms with E-state index in [9.17, 15) is 0 Å². The van der Waals surface area contributed by atoms with Gasteiger partial charge in [-0.25, -0.2) is 0 Å². The lowest BCUT2D eigenvalue weighted by atomic mass is 10.0. The van der Waals surface area contributed by atoms with Gasteiger partial charge in [0, 0.05) is 11.7 Å². The van der Waals surface area contributed by atoms with Crippen LogP contribution in [0.5, 0.6) is 0 Å². The number of hydrogen-bond donors (Lipinski definition) is 1. The van der Waals surface area contributed by atoms with Gasteiger partial charge in [-0.1, -0.05) is 64.2 Å². The van der Waals surface area contributed by atoms with E-state index in [4.69, 9.17) is 0 Å². The third-order valence-corrected chi connectivity index (χ3v) is 3.21. The van der Waals surface area contributed by atoms with Crippen molar-refractivity contribution in [1.82, 2.24) is 0 Å². The van der Waals surface area contributed by atoms with Crippen LogP contribution in [0.25, 0.3) is 0 Å². The average molecular weight is 233 g/mol. The SMILES string of the molecule is CCCCCC(CCCC)Nc1ccccc1. The van der Waals surface area contributed by atoms with Crippen LogP contribution in [-0.2, 0) is 0 Å². The molecule has 0 spiro atoms. The van der Waals surface area contributed by atoms with Crippen molar-refractivity contribution in [3.63, 3.8) is 0 Å². The maximum absolute atomic E-state index is 3.67. The van der Waals surface area contributed by atoms with Crippen molar-refractivity contribution >= 4 is 5.69 Å². The number of rotatable bonds is 9. The summed E-state index contributed by atoms with van der Waals surface area (Å²) < 4.78 is 0. The summed E-state index contributed by atoms with van der Waals surface area (Å²) in [6.07, 6.45) is 9.25. The van der Waals surface area contributed by atoms with Crippen molar-refractivity contribution in [3.05, 3.63) is 30.3 Å². The molecule has 96 valence electrons. The molecule has 0 aliphatic rings. The van der Waals surface area contributed by atoms with E-state index in [-0.39, 0.29) is 0 Å². The summed E-state index contributed by atoms with van der Waals surface area (Å²) in [6, 6.07) is 11.3. The van der Waals surface area contributed by atoms with Crippen LogP contribution in [0.15, 0.2) is 30.3 Å². The van der Waals surface area contributed by atoms with Crippen LogP contribution in [0.1, 0.15) is 58.8 Å². The third-order valence-electron chi connectivity index (χ3n) is 3.21. The van der Waals surface area contributed by atoms with Gasteiger partial charge in [0.2, 0.25) is 0 Å². The lowest BCUT2D eigenvalue weighted by Crippen LogP contribution is -2.19. The van der Waals surface area contributed by atoms with Crippen LogP contribution in [0, 0.1) is 0 Å². The summed E-state index contributed by atoms with van der Waals surface area (Å²) in [5, 5.41) is 3.67. The van der Waals surface area contributed by atoms with Crippen molar-refractivity contribution in [1.29, 1.82) is 0 Å². The van der Waals surface area contributed by atoms with Gasteiger partial charge in [-0.2, -0.15) is 0 Å². The van der Waals surface area contributed by atoms with E-state index in [1.54, 1.807) is 0 Å². The molecule has 0 bridgehead atoms. The molecule has 17 heavy (non-hydrogen) atoms. The van der Waals surface area contributed by atoms with Gasteiger partial charge in [0.15, 0.2) is 0 Å². The van der Waals surface area contributed by atoms with Crippen molar-refractivity contribution in [2.24, 2.45) is 0 Å². The average Bonchev–Trinajstić information content (AvgIpc) is 2.37. The number of anilines is 1. The molecule has 1 atom stereocenters. The van der Waals surface area contributed by atoms with E-state index in [0.29, 0.717) is 6.04 Å². The van der Waals surface area contributed by atoms with Crippen LogP contribution in [0.3, 0.4) is 0 Å². The zero-order chi connectivity index (χ0) is 12.3. The molecule has 0 aliphatic carbocycles. The van der Waals surface area contributed by atoms with Crippen molar-refractivity contribution in [3.8, 4) is 0 Å². The Bertz CT molecular complexity index is 268. The maximum Gasteiger partial charge on any atom is 0.0342 e. The Morgan fingerprint density at radius 1 is 0.882 bits per heavy atom. The normalized spacial score (nSPS) is 12.4. The summed E-state index contributed by atoms with van der Waals surface area (Å²) in [6.45, 7) is 4.54. The monoisotopic (exact) mass is 233 g/mol. The number of benzene rings is 1. The lowest BCUT2D eigenvalue weighted by molar-refractivity contribution is 0.536. The van der Waals surface area contributed by atoms with E-state index in [1.165, 1.54) is 50.6 Å². The minimum Gasteiger partial charge on any atom is -0.382 e. The number of nitrogens with one attached hydrogen (secondary N) is 1. The summed E-state index contributed by atoms with van der Waals surface area (Å²) in [5.74, 6) is 0. The Morgan fingerprint density at radius 3 is 2.18 bits per heavy atom. The van der Waals surface area contributed by atoms with Crippen LogP contribution in [0.4, 0.5) is 5.69 Å². The maximum atomic E-state index is 3.67. The third kappa shape index (κ3) is 6.35. The molecule has 1 heteroatoms. The molecule has 0 saturated heterocycles. The van der Waals surface area contributed by atoms with Crippen LogP contribution >= 0.6 is 0 Å². The van der Waals surface area contributed by atoms with Crippen LogP contribution in [0.2, 0.25) is 0 Å². The highest BCUT2D eigenvalue weighted by molar-refractivity contribution is 5.43. The molecule has 0 radical (unpaired) electrons. The minimum atomic E-state index is 0.656. The highest BCUT2D eigenvalue weighted by Gasteiger charge is 2.07. The highest BCUT2D eigenvalue weighted by Crippen LogP contribution is 2.16. The Morgan fingerprint density at radius 2 is 1.53 bits per heavy atom. The fraction of sp³-hybridized carbons (Fsp3) is 0.625. The second kappa shape index (κ2) is 9.09. The zero-order valence-corrected chi connectivity index (χ0v) is 11.4. The summed E-state index contributed by atoms with van der Waals surface area (Å²) in [5.41, 5.74) is 1.27. The lowest BCUT2D eigenvalue weighted by Gasteiger charge is -2.19. The molecule has 0 aliphatic heterocycles. The Hall–Kier alpha value is -0.980. The minimum absolute atomic E-state index is 0.656. The summed E-state index contributed by atoms with van der Waals surface area (Å²) >= 11 is 0. The highest BCUT2D eigenvalue weighted by atomic mass is 14.9. The van der Waals surface area contributed by atoms with Crippen LogP contribution in [-0.4, -0.2) is 6.04 Å². The van der Waals surface area contributed by atoms with Gasteiger partial charge in [-0.15, -0.1) is 0 Å². The molecule has 1 aromatic carbocycles. The zero-order valence-electron chi connectivity index (χ0n) is 11.4. The molecule has 0 aromatic heterocycles. The summed E-state index contributed by atoms with van der Waals surface area (Å²) in [7, 11) is 0. The van der Waals surface area contributed by atoms with Crippen molar-refractivity contribution in [2.45, 2.75) is 64.8 Å². The number of unbranched alkanes of at least 4 members (excludes halogenated alkanes) is 3. The molecule has 1 nitrogen and oxygen atoms in total. The van der Waals surface area contributed by atoms with E-state index < -0.39 is 0 Å². The Kier molecular flexibility index (Phi) is 7.53. The van der Waals surface area contributed by atoms with Gasteiger partial charge in [0.05, 0.1) is 0 Å². The molecule has 1 rings (SSSR count). The number of para-hydroxylation sites is 1. The Balaban J connectivity index is 2.39. The first-order chi connectivity index (χ1) is 8.36. The van der Waals surface area contributed by atoms with Crippen LogP contribution < -0.4 is 5.32 Å². The van der Waals surface area contributed by atoms with Gasteiger partial charge in [-0.3, -0.25) is 0 Å². The molecule has 0 heterocycles. The molecule has 1 unspecified atom stereocenters. The van der Waals surface area contributed by atoms with E-state index in [1.807, 2.05) is 0 Å². The smallest absolute Gasteiger partial charge is 0.0342 e. The first-order valence-corrected chi connectivity index (χ1v) is 7.18. The summed E-state index contributed by atoms with van der Waals surface area (Å²) in [4.78, 5) is 0. The van der Waals surface area contributed by atoms with E-state index in [2.05, 4.69) is 49.5 Å². The molecule has 1 N–H and O–H groups in total. The van der Waals surface area contributed by atoms with E-state index in [0.717, 1.165) is 0 Å². The first-order valence-electron chi connectivity index (χ1n) is 7.18. The number of hydrogen-bond acceptors (Lipinski definition) is 1. The fourth-order valence-electron chi connectivity index (χ4n) is 2.15. The second-order valence-electron chi connectivity index (χ2n) is 4.85. The van der Waals surface area contributed by atoms with Gasteiger partial charge in [0.1, 0.15) is 0 Å². The van der Waals surface area contributed by atoms with Gasteiger partial charge >= 0.3 is 0 Å². The molecular weight excluding hydrogens is 206 g/mol. The molecule has 0 saturated carbocycles. The standard InChI is InChI=1S/C16H27N/c1-3-5-8-12-15(11-6-4-2)17-16-13-9-7-10-14-16/h7,9-10,13-15,17H,3-6,8,11-12H2,1-2H3. The van der Waals surface area contributed by atoms with Gasteiger partial charge in [-0.05, 0) is 25.0 Å². The molecule has 1 aromatic rings. The topological polar surface area (TPSA) is 12.0 Å². The largest absolute Gasteiger partial charge is 0.382 e. The predicted octanol–water partition coefficient (Wildman–Crippen LogP) is 5.24. The quantitative estimate of drug-likeness (QED) is 0.575. The van der Waals surface area contributed by atoms with E-state index >= 15 is 0 Å². The van der Waals surface area contributed by atoms with Crippen molar-refractivity contribution in [2.75, 3.05) is 5.32 Å². The van der Waals surface area contributed by atoms with Gasteiger partial charge in [0.25, 0.3) is 0 Å². The predicted molar refractivity (Wildman–Crippen MR) is 77.5 cm³/mol. The second-order valence-corrected chi connectivity index (χ2v) is 4.85. The van der Waals surface area contributed by atoms with Gasteiger partial charge < -0.3 is 5.32 Å². The molecule has 0 fully saturated rings. The molecular formula is C16H27N.